The number of carbonyl (C=O) groups excluding carboxylic acids is 4. The van der Waals surface area contributed by atoms with Crippen LogP contribution in [0.15, 0.2) is 48.5 Å². The summed E-state index contributed by atoms with van der Waals surface area (Å²) in [5, 5.41) is 2.99. The minimum atomic E-state index is -0.550. The molecule has 184 valence electrons. The molecule has 2 aromatic carbocycles. The zero-order chi connectivity index (χ0) is 25.2. The van der Waals surface area contributed by atoms with Gasteiger partial charge in [0, 0.05) is 31.2 Å². The number of benzene rings is 2. The van der Waals surface area contributed by atoms with Crippen molar-refractivity contribution in [2.75, 3.05) is 19.6 Å². The van der Waals surface area contributed by atoms with Gasteiger partial charge in [-0.1, -0.05) is 30.3 Å². The standard InChI is InChI=1S/C27H31N3O5/c1-27(2,3)35-26(34)29-14-12-20(13-15-29)28-23(31)19-9-10-21-22(17-19)25(33)30(24(21)32)16-11-18-7-5-4-6-8-18/h4-10,17,20H,11-16H2,1-3H3,(H,28,31). The quantitative estimate of drug-likeness (QED) is 0.663. The highest BCUT2D eigenvalue weighted by molar-refractivity contribution is 6.22. The molecular weight excluding hydrogens is 446 g/mol. The lowest BCUT2D eigenvalue weighted by atomic mass is 10.0. The summed E-state index contributed by atoms with van der Waals surface area (Å²) in [5.74, 6) is -1.00. The predicted octanol–water partition coefficient (Wildman–Crippen LogP) is 3.65. The van der Waals surface area contributed by atoms with Crippen molar-refractivity contribution in [3.8, 4) is 0 Å². The molecule has 2 aliphatic heterocycles. The Morgan fingerprint density at radius 1 is 0.971 bits per heavy atom. The van der Waals surface area contributed by atoms with Crippen molar-refractivity contribution in [3.05, 3.63) is 70.8 Å². The number of nitrogens with zero attached hydrogens (tertiary/aromatic N) is 2. The van der Waals surface area contributed by atoms with E-state index in [1.54, 1.807) is 17.0 Å². The molecule has 4 amide bonds. The number of amides is 4. The number of rotatable bonds is 5. The average Bonchev–Trinajstić information content (AvgIpc) is 3.06. The summed E-state index contributed by atoms with van der Waals surface area (Å²) in [7, 11) is 0. The molecule has 1 saturated heterocycles. The summed E-state index contributed by atoms with van der Waals surface area (Å²) in [6.45, 7) is 6.76. The van der Waals surface area contributed by atoms with Crippen LogP contribution in [0.1, 0.15) is 70.3 Å². The maximum atomic E-state index is 12.9. The Hall–Kier alpha value is -3.68. The number of hydrogen-bond acceptors (Lipinski definition) is 5. The van der Waals surface area contributed by atoms with Crippen LogP contribution in [0.5, 0.6) is 0 Å². The van der Waals surface area contributed by atoms with Crippen molar-refractivity contribution < 1.29 is 23.9 Å². The Morgan fingerprint density at radius 3 is 2.29 bits per heavy atom. The fraction of sp³-hybridized carbons (Fsp3) is 0.407. The summed E-state index contributed by atoms with van der Waals surface area (Å²) >= 11 is 0. The van der Waals surface area contributed by atoms with E-state index in [1.807, 2.05) is 51.1 Å². The molecule has 0 spiro atoms. The highest BCUT2D eigenvalue weighted by atomic mass is 16.6. The second kappa shape index (κ2) is 9.90. The minimum Gasteiger partial charge on any atom is -0.444 e. The first kappa shape index (κ1) is 24.4. The smallest absolute Gasteiger partial charge is 0.410 e. The molecule has 0 unspecified atom stereocenters. The monoisotopic (exact) mass is 477 g/mol. The Balaban J connectivity index is 1.34. The van der Waals surface area contributed by atoms with Crippen molar-refractivity contribution in [1.29, 1.82) is 0 Å². The van der Waals surface area contributed by atoms with Gasteiger partial charge in [0.2, 0.25) is 0 Å². The van der Waals surface area contributed by atoms with Gasteiger partial charge in [-0.2, -0.15) is 0 Å². The van der Waals surface area contributed by atoms with Crippen LogP contribution in [0.25, 0.3) is 0 Å². The molecule has 0 aromatic heterocycles. The number of likely N-dealkylation sites (tertiary alicyclic amines) is 1. The second-order valence-electron chi connectivity index (χ2n) is 9.97. The maximum Gasteiger partial charge on any atom is 0.410 e. The summed E-state index contributed by atoms with van der Waals surface area (Å²) in [6.07, 6.45) is 1.45. The van der Waals surface area contributed by atoms with Crippen LogP contribution in [0, 0.1) is 0 Å². The van der Waals surface area contributed by atoms with Gasteiger partial charge in [0.15, 0.2) is 0 Å². The number of piperidine rings is 1. The van der Waals surface area contributed by atoms with Gasteiger partial charge in [-0.15, -0.1) is 0 Å². The third-order valence-electron chi connectivity index (χ3n) is 6.18. The topological polar surface area (TPSA) is 96.0 Å². The number of ether oxygens (including phenoxy) is 1. The van der Waals surface area contributed by atoms with Gasteiger partial charge in [0.25, 0.3) is 17.7 Å². The molecule has 0 radical (unpaired) electrons. The minimum absolute atomic E-state index is 0.0888. The Kier molecular flexibility index (Phi) is 6.91. The molecule has 2 aliphatic rings. The van der Waals surface area contributed by atoms with Crippen molar-refractivity contribution >= 4 is 23.8 Å². The van der Waals surface area contributed by atoms with E-state index in [2.05, 4.69) is 5.32 Å². The van der Waals surface area contributed by atoms with Crippen LogP contribution in [0.4, 0.5) is 4.79 Å². The largest absolute Gasteiger partial charge is 0.444 e. The third kappa shape index (κ3) is 5.70. The molecule has 8 heteroatoms. The lowest BCUT2D eigenvalue weighted by Gasteiger charge is -2.33. The number of hydrogen-bond donors (Lipinski definition) is 1. The fourth-order valence-corrected chi connectivity index (χ4v) is 4.32. The van der Waals surface area contributed by atoms with Gasteiger partial charge in [-0.3, -0.25) is 19.3 Å². The molecule has 2 heterocycles. The highest BCUT2D eigenvalue weighted by Crippen LogP contribution is 2.25. The normalized spacial score (nSPS) is 16.3. The summed E-state index contributed by atoms with van der Waals surface area (Å²) in [6, 6.07) is 14.2. The number of carbonyl (C=O) groups is 4. The summed E-state index contributed by atoms with van der Waals surface area (Å²) in [4.78, 5) is 53.7. The maximum absolute atomic E-state index is 12.9. The molecule has 0 atom stereocenters. The lowest BCUT2D eigenvalue weighted by molar-refractivity contribution is 0.0199. The molecule has 4 rings (SSSR count). The molecule has 8 nitrogen and oxygen atoms in total. The van der Waals surface area contributed by atoms with E-state index in [1.165, 1.54) is 11.0 Å². The Morgan fingerprint density at radius 2 is 1.63 bits per heavy atom. The number of nitrogens with one attached hydrogen (secondary N) is 1. The van der Waals surface area contributed by atoms with Gasteiger partial charge in [-0.25, -0.2) is 4.79 Å². The van der Waals surface area contributed by atoms with E-state index < -0.39 is 5.60 Å². The van der Waals surface area contributed by atoms with Crippen LogP contribution in [0.2, 0.25) is 0 Å². The van der Waals surface area contributed by atoms with Gasteiger partial charge in [-0.05, 0) is 63.8 Å². The van der Waals surface area contributed by atoms with Crippen LogP contribution in [-0.2, 0) is 11.2 Å². The van der Waals surface area contributed by atoms with Crippen molar-refractivity contribution in [1.82, 2.24) is 15.1 Å². The van der Waals surface area contributed by atoms with Gasteiger partial charge >= 0.3 is 6.09 Å². The number of fused-ring (bicyclic) bond motifs is 1. The fourth-order valence-electron chi connectivity index (χ4n) is 4.32. The summed E-state index contributed by atoms with van der Waals surface area (Å²) in [5.41, 5.74) is 1.41. The highest BCUT2D eigenvalue weighted by Gasteiger charge is 2.36. The first-order valence-electron chi connectivity index (χ1n) is 12.0. The SMILES string of the molecule is CC(C)(C)OC(=O)N1CCC(NC(=O)c2ccc3c(c2)C(=O)N(CCc2ccccc2)C3=O)CC1. The van der Waals surface area contributed by atoms with E-state index in [0.29, 0.717) is 43.5 Å². The van der Waals surface area contributed by atoms with E-state index in [9.17, 15) is 19.2 Å². The van der Waals surface area contributed by atoms with E-state index >= 15 is 0 Å². The lowest BCUT2D eigenvalue weighted by Crippen LogP contribution is -2.47. The zero-order valence-corrected chi connectivity index (χ0v) is 20.4. The Labute approximate surface area is 205 Å². The van der Waals surface area contributed by atoms with E-state index in [4.69, 9.17) is 4.74 Å². The van der Waals surface area contributed by atoms with Gasteiger partial charge in [0.1, 0.15) is 5.60 Å². The van der Waals surface area contributed by atoms with E-state index in [0.717, 1.165) is 5.56 Å². The first-order valence-corrected chi connectivity index (χ1v) is 12.0. The molecule has 35 heavy (non-hydrogen) atoms. The predicted molar refractivity (Wildman–Crippen MR) is 130 cm³/mol. The molecule has 0 bridgehead atoms. The Bertz CT molecular complexity index is 1130. The molecular formula is C27H31N3O5. The van der Waals surface area contributed by atoms with E-state index in [-0.39, 0.29) is 42.0 Å². The van der Waals surface area contributed by atoms with Crippen LogP contribution >= 0.6 is 0 Å². The second-order valence-corrected chi connectivity index (χ2v) is 9.97. The molecule has 0 saturated carbocycles. The van der Waals surface area contributed by atoms with Crippen molar-refractivity contribution in [3.63, 3.8) is 0 Å². The van der Waals surface area contributed by atoms with Crippen LogP contribution in [0.3, 0.4) is 0 Å². The molecule has 1 fully saturated rings. The number of imide groups is 1. The zero-order valence-electron chi connectivity index (χ0n) is 20.4. The molecule has 0 aliphatic carbocycles. The van der Waals surface area contributed by atoms with Crippen molar-refractivity contribution in [2.24, 2.45) is 0 Å². The van der Waals surface area contributed by atoms with Gasteiger partial charge < -0.3 is 15.0 Å². The molecule has 2 aromatic rings. The van der Waals surface area contributed by atoms with Crippen LogP contribution in [-0.4, -0.2) is 64.9 Å². The summed E-state index contributed by atoms with van der Waals surface area (Å²) < 4.78 is 5.41. The third-order valence-corrected chi connectivity index (χ3v) is 6.18. The van der Waals surface area contributed by atoms with Gasteiger partial charge in [0.05, 0.1) is 11.1 Å². The van der Waals surface area contributed by atoms with Crippen molar-refractivity contribution in [2.45, 2.75) is 51.7 Å². The average molecular weight is 478 g/mol. The molecule has 1 N–H and O–H groups in total. The first-order chi connectivity index (χ1) is 16.6. The van der Waals surface area contributed by atoms with Crippen LogP contribution < -0.4 is 5.32 Å².